The van der Waals surface area contributed by atoms with Crippen LogP contribution in [0, 0.1) is 13.8 Å². The van der Waals surface area contributed by atoms with E-state index >= 15 is 0 Å². The molecule has 7 aromatic rings. The minimum absolute atomic E-state index is 0.0336. The lowest BCUT2D eigenvalue weighted by atomic mass is 10.5. The summed E-state index contributed by atoms with van der Waals surface area (Å²) in [7, 11) is 0. The maximum atomic E-state index is 11.8. The van der Waals surface area contributed by atoms with E-state index in [1.807, 2.05) is 19.9 Å². The lowest BCUT2D eigenvalue weighted by Gasteiger charge is -2.05. The number of Topliss-reactive ketones (excluding diaryl/α,β-unsaturated/α-hetero) is 1. The number of carbonyl (C=O) groups excluding carboxylic acids is 4. The number of hydrogen-bond donors (Lipinski definition) is 5. The number of nitrogens with zero attached hydrogens (tertiary/aromatic N) is 10. The maximum Gasteiger partial charge on any atom is 0.375 e. The first-order valence-corrected chi connectivity index (χ1v) is 20.8. The third-order valence-corrected chi connectivity index (χ3v) is 8.28. The number of nitrogens with one attached hydrogen (secondary N) is 3. The largest absolute Gasteiger partial charge is 0.461 e. The number of halogens is 6. The zero-order chi connectivity index (χ0) is 46.8. The first-order valence-electron chi connectivity index (χ1n) is 17.8. The van der Waals surface area contributed by atoms with Crippen molar-refractivity contribution in [3.8, 4) is 0 Å². The molecule has 0 unspecified atom stereocenters. The van der Waals surface area contributed by atoms with E-state index < -0.39 is 23.7 Å². The summed E-state index contributed by atoms with van der Waals surface area (Å²) in [5.74, 6) is -0.497. The average molecular weight is 1040 g/mol. The van der Waals surface area contributed by atoms with Crippen LogP contribution >= 0.6 is 73.9 Å². The van der Waals surface area contributed by atoms with Gasteiger partial charge in [-0.1, -0.05) is 50.7 Å². The summed E-state index contributed by atoms with van der Waals surface area (Å²) in [6, 6.07) is 8.09. The highest BCUT2D eigenvalue weighted by Crippen LogP contribution is 2.20. The van der Waals surface area contributed by atoms with Gasteiger partial charge in [0, 0.05) is 54.1 Å². The van der Waals surface area contributed by atoms with E-state index in [0.717, 1.165) is 11.4 Å². The van der Waals surface area contributed by atoms with Crippen molar-refractivity contribution in [3.05, 3.63) is 91.5 Å². The number of anilines is 4. The van der Waals surface area contributed by atoms with Crippen molar-refractivity contribution in [2.24, 2.45) is 0 Å². The van der Waals surface area contributed by atoms with E-state index in [4.69, 9.17) is 78.9 Å². The number of aromatic amines is 2. The second kappa shape index (κ2) is 25.3. The zero-order valence-corrected chi connectivity index (χ0v) is 39.0. The van der Waals surface area contributed by atoms with Crippen LogP contribution in [0.4, 0.5) is 23.4 Å². The van der Waals surface area contributed by atoms with Crippen molar-refractivity contribution in [1.82, 2.24) is 59.1 Å². The van der Waals surface area contributed by atoms with Gasteiger partial charge in [-0.3, -0.25) is 23.8 Å². The molecule has 0 radical (unpaired) electrons. The number of nitrogens with two attached hydrogens (primary N) is 2. The molecule has 7 rings (SSSR count). The number of aromatic nitrogens is 12. The van der Waals surface area contributed by atoms with E-state index in [2.05, 4.69) is 76.3 Å². The molecular weight excluding hydrogens is 1000 g/mol. The van der Waals surface area contributed by atoms with Crippen molar-refractivity contribution in [2.45, 2.75) is 34.6 Å². The molecule has 0 saturated carbocycles. The van der Waals surface area contributed by atoms with Crippen LogP contribution in [0.5, 0.6) is 0 Å². The van der Waals surface area contributed by atoms with Crippen molar-refractivity contribution in [2.75, 3.05) is 41.9 Å². The Bertz CT molecular complexity index is 2590. The van der Waals surface area contributed by atoms with Crippen molar-refractivity contribution < 1.29 is 33.4 Å². The molecule has 28 heteroatoms. The van der Waals surface area contributed by atoms with Crippen molar-refractivity contribution in [1.29, 1.82) is 0 Å². The van der Waals surface area contributed by atoms with E-state index in [0.29, 0.717) is 35.5 Å². The molecule has 0 saturated heterocycles. The Morgan fingerprint density at radius 3 is 1.65 bits per heavy atom. The molecule has 0 bridgehead atoms. The Hall–Kier alpha value is -5.85. The van der Waals surface area contributed by atoms with Crippen molar-refractivity contribution >= 4 is 132 Å². The molecule has 0 aliphatic carbocycles. The van der Waals surface area contributed by atoms with Crippen LogP contribution < -0.4 is 16.8 Å². The molecule has 63 heavy (non-hydrogen) atoms. The summed E-state index contributed by atoms with van der Waals surface area (Å²) >= 11 is 31.2. The minimum Gasteiger partial charge on any atom is -0.461 e. The van der Waals surface area contributed by atoms with Gasteiger partial charge in [-0.05, 0) is 57.8 Å². The van der Waals surface area contributed by atoms with Crippen LogP contribution in [0.1, 0.15) is 53.1 Å². The van der Waals surface area contributed by atoms with E-state index in [1.54, 1.807) is 43.5 Å². The number of imidazole rings is 2. The number of ether oxygens (including phenoxy) is 3. The summed E-state index contributed by atoms with van der Waals surface area (Å²) in [4.78, 5) is 67.4. The number of rotatable bonds is 9. The summed E-state index contributed by atoms with van der Waals surface area (Å²) in [6.07, 6.45) is 3.00. The first-order chi connectivity index (χ1) is 29.9. The lowest BCUT2D eigenvalue weighted by molar-refractivity contribution is -0.152. The van der Waals surface area contributed by atoms with Gasteiger partial charge in [0.2, 0.25) is 22.3 Å². The molecule has 0 fully saturated rings. The number of hydrogen-bond acceptors (Lipinski definition) is 18. The summed E-state index contributed by atoms with van der Waals surface area (Å²) in [6.45, 7) is 9.72. The predicted molar refractivity (Wildman–Crippen MR) is 239 cm³/mol. The van der Waals surface area contributed by atoms with Gasteiger partial charge in [-0.2, -0.15) is 10.2 Å². The Kier molecular flexibility index (Phi) is 20.7. The highest BCUT2D eigenvalue weighted by atomic mass is 79.9. The molecule has 7 heterocycles. The quantitative estimate of drug-likeness (QED) is 0.0250. The molecular formula is C35H37BrCl5N15O7. The number of esters is 3. The highest BCUT2D eigenvalue weighted by Gasteiger charge is 2.16. The molecule has 22 nitrogen and oxygen atoms in total. The minimum atomic E-state index is -0.769. The zero-order valence-electron chi connectivity index (χ0n) is 33.6. The highest BCUT2D eigenvalue weighted by molar-refractivity contribution is 9.09. The fourth-order valence-electron chi connectivity index (χ4n) is 4.29. The molecule has 7 aromatic heterocycles. The topological polar surface area (TPSA) is 304 Å². The SMILES string of the molecule is CCOC(=O)C(=O)CBr.CCOC(=O)c1cn2c(Cl)nc(Cl)cc2n1.CCOC(=O)c1cn2c(Nc3cc(C)[nH]n3)nc(Cl)cc2n1.Cc1cc(N)n[nH]1.Nc1cc(Cl)nc(Cl)n1. The van der Waals surface area contributed by atoms with Gasteiger partial charge in [-0.15, -0.1) is 0 Å². The van der Waals surface area contributed by atoms with Crippen LogP contribution in [0.25, 0.3) is 11.3 Å². The monoisotopic (exact) mass is 1030 g/mol. The lowest BCUT2D eigenvalue weighted by Crippen LogP contribution is -2.17. The van der Waals surface area contributed by atoms with Gasteiger partial charge in [0.25, 0.3) is 0 Å². The Morgan fingerprint density at radius 1 is 0.667 bits per heavy atom. The molecule has 0 atom stereocenters. The number of aryl methyl sites for hydroxylation is 2. The van der Waals surface area contributed by atoms with Gasteiger partial charge in [0.05, 0.1) is 25.2 Å². The summed E-state index contributed by atoms with van der Waals surface area (Å²) < 4.78 is 17.2. The number of ketones is 1. The number of H-pyrrole nitrogens is 2. The van der Waals surface area contributed by atoms with E-state index in [-0.39, 0.29) is 61.8 Å². The van der Waals surface area contributed by atoms with Gasteiger partial charge < -0.3 is 31.0 Å². The average Bonchev–Trinajstić information content (AvgIpc) is 4.02. The second-order valence-corrected chi connectivity index (χ2v) is 14.0. The molecule has 7 N–H and O–H groups in total. The fraction of sp³-hybridized carbons (Fsp3) is 0.257. The third kappa shape index (κ3) is 16.7. The van der Waals surface area contributed by atoms with Crippen LogP contribution in [0.15, 0.2) is 42.7 Å². The molecule has 0 aromatic carbocycles. The second-order valence-electron chi connectivity index (χ2n) is 11.6. The molecule has 0 aliphatic heterocycles. The van der Waals surface area contributed by atoms with Crippen LogP contribution in [-0.2, 0) is 23.8 Å². The maximum absolute atomic E-state index is 11.8. The van der Waals surface area contributed by atoms with Crippen LogP contribution in [-0.4, -0.2) is 108 Å². The van der Waals surface area contributed by atoms with Crippen molar-refractivity contribution in [3.63, 3.8) is 0 Å². The van der Waals surface area contributed by atoms with Gasteiger partial charge >= 0.3 is 17.9 Å². The normalized spacial score (nSPS) is 10.1. The summed E-state index contributed by atoms with van der Waals surface area (Å²) in [5.41, 5.74) is 13.7. The first kappa shape index (κ1) is 51.5. The number of alkyl halides is 1. The smallest absolute Gasteiger partial charge is 0.375 e. The molecule has 0 amide bonds. The Labute approximate surface area is 390 Å². The summed E-state index contributed by atoms with van der Waals surface area (Å²) in [5, 5.41) is 17.3. The van der Waals surface area contributed by atoms with Crippen LogP contribution in [0.2, 0.25) is 26.0 Å². The van der Waals surface area contributed by atoms with Gasteiger partial charge in [0.15, 0.2) is 17.2 Å². The van der Waals surface area contributed by atoms with E-state index in [9.17, 15) is 19.2 Å². The number of carbonyl (C=O) groups is 4. The fourth-order valence-corrected chi connectivity index (χ4v) is 5.57. The third-order valence-electron chi connectivity index (χ3n) is 6.75. The van der Waals surface area contributed by atoms with Crippen LogP contribution in [0.3, 0.4) is 0 Å². The van der Waals surface area contributed by atoms with Gasteiger partial charge in [-0.25, -0.2) is 44.3 Å². The standard InChI is InChI=1S/C13H13ClN6O2.C9H7Cl2N3O2.C5H7BrO3.C4H3Cl2N3.C4H7N3/c1-3-22-12(21)8-6-20-11(15-8)5-9(14)16-13(20)17-10-4-7(2)18-19-10;1-2-16-8(15)5-4-14-7(12-5)3-6(10)13-9(14)11;1-2-9-5(8)4(7)3-6;5-2-1-3(7)9-4(6)8-2;1-3-2-4(5)7-6-3/h4-6H,3H2,1-2H3,(H2,16,17,18,19);3-4H,2H2,1H3;2-3H2,1H3;1H,(H2,7,8,9);2H,1H3,(H3,5,6,7). The van der Waals surface area contributed by atoms with E-state index in [1.165, 1.54) is 22.7 Å². The predicted octanol–water partition coefficient (Wildman–Crippen LogP) is 6.73. The Morgan fingerprint density at radius 2 is 1.19 bits per heavy atom. The molecule has 0 aliphatic rings. The molecule has 336 valence electrons. The number of fused-ring (bicyclic) bond motifs is 2. The molecule has 0 spiro atoms. The van der Waals surface area contributed by atoms with Gasteiger partial charge in [0.1, 0.15) is 38.4 Å². The number of nitrogen functional groups attached to an aromatic ring is 2. The Balaban J connectivity index is 0.000000225.